The third-order valence-corrected chi connectivity index (χ3v) is 2.41. The molecule has 0 unspecified atom stereocenters. The molecule has 0 atom stereocenters. The molecule has 0 saturated heterocycles. The second-order valence-corrected chi connectivity index (χ2v) is 3.75. The molecule has 8 heteroatoms. The topological polar surface area (TPSA) is 81.1 Å². The number of aromatic nitrogens is 2. The van der Waals surface area contributed by atoms with Crippen LogP contribution in [-0.2, 0) is 6.18 Å². The number of rotatable bonds is 2. The predicted molar refractivity (Wildman–Crippen MR) is 59.9 cm³/mol. The third kappa shape index (κ3) is 2.51. The van der Waals surface area contributed by atoms with Crippen LogP contribution in [-0.4, -0.2) is 20.9 Å². The molecule has 19 heavy (non-hydrogen) atoms. The maximum atomic E-state index is 12.5. The Morgan fingerprint density at radius 1 is 1.37 bits per heavy atom. The Morgan fingerprint density at radius 3 is 2.58 bits per heavy atom. The second-order valence-electron chi connectivity index (χ2n) is 3.75. The van der Waals surface area contributed by atoms with E-state index in [1.807, 2.05) is 0 Å². The van der Waals surface area contributed by atoms with Gasteiger partial charge in [0.25, 0.3) is 0 Å². The molecule has 5 nitrogen and oxygen atoms in total. The zero-order chi connectivity index (χ0) is 14.2. The van der Waals surface area contributed by atoms with Crippen molar-refractivity contribution in [2.75, 3.05) is 5.73 Å². The number of nitrogens with two attached hydrogens (primary N) is 1. The molecule has 0 fully saturated rings. The first-order valence-corrected chi connectivity index (χ1v) is 5.04. The number of benzene rings is 1. The first kappa shape index (κ1) is 12.9. The van der Waals surface area contributed by atoms with Crippen molar-refractivity contribution in [3.8, 4) is 5.69 Å². The van der Waals surface area contributed by atoms with E-state index in [9.17, 15) is 18.0 Å². The van der Waals surface area contributed by atoms with Gasteiger partial charge in [-0.25, -0.2) is 9.48 Å². The van der Waals surface area contributed by atoms with Crippen molar-refractivity contribution in [2.24, 2.45) is 0 Å². The van der Waals surface area contributed by atoms with Gasteiger partial charge in [0.05, 0.1) is 23.0 Å². The Morgan fingerprint density at radius 2 is 2.05 bits per heavy atom. The zero-order valence-electron chi connectivity index (χ0n) is 9.35. The molecule has 0 amide bonds. The SMILES string of the molecule is Nc1ccc(C(=O)O)c(-n2cc(C(F)(F)F)cn2)c1. The lowest BCUT2D eigenvalue weighted by atomic mass is 10.1. The van der Waals surface area contributed by atoms with Gasteiger partial charge in [-0.15, -0.1) is 0 Å². The van der Waals surface area contributed by atoms with E-state index in [-0.39, 0.29) is 16.9 Å². The van der Waals surface area contributed by atoms with Crippen LogP contribution in [0.25, 0.3) is 5.69 Å². The minimum absolute atomic E-state index is 0.0250. The van der Waals surface area contributed by atoms with E-state index in [2.05, 4.69) is 5.10 Å². The van der Waals surface area contributed by atoms with E-state index in [1.54, 1.807) is 0 Å². The summed E-state index contributed by atoms with van der Waals surface area (Å²) in [5.74, 6) is -1.28. The Balaban J connectivity index is 2.55. The number of carboxylic acids is 1. The Hall–Kier alpha value is -2.51. The van der Waals surface area contributed by atoms with E-state index in [4.69, 9.17) is 10.8 Å². The molecule has 1 aromatic heterocycles. The number of aromatic carboxylic acids is 1. The highest BCUT2D eigenvalue weighted by molar-refractivity contribution is 5.92. The molecule has 0 aliphatic heterocycles. The molecule has 2 rings (SSSR count). The fourth-order valence-corrected chi connectivity index (χ4v) is 1.52. The molecule has 0 aliphatic carbocycles. The van der Waals surface area contributed by atoms with E-state index < -0.39 is 17.7 Å². The van der Waals surface area contributed by atoms with Gasteiger partial charge in [0, 0.05) is 11.9 Å². The van der Waals surface area contributed by atoms with Crippen LogP contribution in [0.3, 0.4) is 0 Å². The first-order valence-electron chi connectivity index (χ1n) is 5.04. The summed E-state index contributed by atoms with van der Waals surface area (Å²) < 4.78 is 38.2. The van der Waals surface area contributed by atoms with Crippen LogP contribution in [0.15, 0.2) is 30.6 Å². The van der Waals surface area contributed by atoms with E-state index in [0.717, 1.165) is 4.68 Å². The smallest absolute Gasteiger partial charge is 0.419 e. The molecule has 0 bridgehead atoms. The van der Waals surface area contributed by atoms with Gasteiger partial charge in [-0.3, -0.25) is 0 Å². The summed E-state index contributed by atoms with van der Waals surface area (Å²) in [7, 11) is 0. The van der Waals surface area contributed by atoms with Crippen LogP contribution in [0.4, 0.5) is 18.9 Å². The highest BCUT2D eigenvalue weighted by Gasteiger charge is 2.32. The van der Waals surface area contributed by atoms with Crippen LogP contribution in [0.2, 0.25) is 0 Å². The maximum absolute atomic E-state index is 12.5. The van der Waals surface area contributed by atoms with Crippen molar-refractivity contribution >= 4 is 11.7 Å². The summed E-state index contributed by atoms with van der Waals surface area (Å²) in [5.41, 5.74) is 4.55. The fourth-order valence-electron chi connectivity index (χ4n) is 1.52. The van der Waals surface area contributed by atoms with Gasteiger partial charge in [-0.1, -0.05) is 0 Å². The van der Waals surface area contributed by atoms with Gasteiger partial charge in [0.15, 0.2) is 0 Å². The van der Waals surface area contributed by atoms with Crippen molar-refractivity contribution in [2.45, 2.75) is 6.18 Å². The number of alkyl halides is 3. The van der Waals surface area contributed by atoms with E-state index in [0.29, 0.717) is 12.4 Å². The normalized spacial score (nSPS) is 11.5. The van der Waals surface area contributed by atoms with Crippen molar-refractivity contribution < 1.29 is 23.1 Å². The molecule has 0 spiro atoms. The highest BCUT2D eigenvalue weighted by Crippen LogP contribution is 2.29. The average molecular weight is 271 g/mol. The molecule has 0 saturated carbocycles. The van der Waals surface area contributed by atoms with Gasteiger partial charge in [0.2, 0.25) is 0 Å². The summed E-state index contributed by atoms with van der Waals surface area (Å²) in [6, 6.07) is 3.81. The number of hydrogen-bond donors (Lipinski definition) is 2. The Kier molecular flexibility index (Phi) is 2.93. The zero-order valence-corrected chi connectivity index (χ0v) is 9.35. The largest absolute Gasteiger partial charge is 0.478 e. The number of nitrogen functional groups attached to an aromatic ring is 1. The molecule has 2 aromatic rings. The molecule has 100 valence electrons. The number of halogens is 3. The fraction of sp³-hybridized carbons (Fsp3) is 0.0909. The number of hydrogen-bond acceptors (Lipinski definition) is 3. The van der Waals surface area contributed by atoms with Crippen molar-refractivity contribution in [1.29, 1.82) is 0 Å². The van der Waals surface area contributed by atoms with Crippen molar-refractivity contribution in [3.63, 3.8) is 0 Å². The summed E-state index contributed by atoms with van der Waals surface area (Å²) in [4.78, 5) is 11.0. The minimum Gasteiger partial charge on any atom is -0.478 e. The van der Waals surface area contributed by atoms with E-state index >= 15 is 0 Å². The molecule has 1 aromatic carbocycles. The standard InChI is InChI=1S/C11H8F3N3O2/c12-11(13,14)6-4-16-17(5-6)9-3-7(15)1-2-8(9)10(18)19/h1-5H,15H2,(H,18,19). The summed E-state index contributed by atoms with van der Waals surface area (Å²) in [5, 5.41) is 12.5. The minimum atomic E-state index is -4.54. The van der Waals surface area contributed by atoms with Gasteiger partial charge in [0.1, 0.15) is 0 Å². The van der Waals surface area contributed by atoms with Crippen LogP contribution in [0.5, 0.6) is 0 Å². The molecular formula is C11H8F3N3O2. The number of anilines is 1. The maximum Gasteiger partial charge on any atom is 0.419 e. The average Bonchev–Trinajstić information content (AvgIpc) is 2.77. The lowest BCUT2D eigenvalue weighted by Gasteiger charge is -2.07. The monoisotopic (exact) mass is 271 g/mol. The predicted octanol–water partition coefficient (Wildman–Crippen LogP) is 2.17. The Labute approximate surface area is 105 Å². The third-order valence-electron chi connectivity index (χ3n) is 2.41. The molecule has 0 radical (unpaired) electrons. The molecule has 3 N–H and O–H groups in total. The molecule has 1 heterocycles. The molecule has 0 aliphatic rings. The first-order chi connectivity index (χ1) is 8.79. The van der Waals surface area contributed by atoms with E-state index in [1.165, 1.54) is 18.2 Å². The number of carbonyl (C=O) groups is 1. The lowest BCUT2D eigenvalue weighted by Crippen LogP contribution is -2.07. The lowest BCUT2D eigenvalue weighted by molar-refractivity contribution is -0.137. The number of nitrogens with zero attached hydrogens (tertiary/aromatic N) is 2. The summed E-state index contributed by atoms with van der Waals surface area (Å²) in [6.07, 6.45) is -3.21. The van der Waals surface area contributed by atoms with Crippen molar-refractivity contribution in [1.82, 2.24) is 9.78 Å². The Bertz CT molecular complexity index is 634. The highest BCUT2D eigenvalue weighted by atomic mass is 19.4. The van der Waals surface area contributed by atoms with Gasteiger partial charge < -0.3 is 10.8 Å². The van der Waals surface area contributed by atoms with Crippen LogP contribution < -0.4 is 5.73 Å². The van der Waals surface area contributed by atoms with Crippen LogP contribution in [0.1, 0.15) is 15.9 Å². The summed E-state index contributed by atoms with van der Waals surface area (Å²) >= 11 is 0. The van der Waals surface area contributed by atoms with Gasteiger partial charge in [-0.05, 0) is 18.2 Å². The quantitative estimate of drug-likeness (QED) is 0.820. The van der Waals surface area contributed by atoms with Gasteiger partial charge >= 0.3 is 12.1 Å². The van der Waals surface area contributed by atoms with Crippen LogP contribution >= 0.6 is 0 Å². The number of carboxylic acid groups (broad SMARTS) is 1. The molecular weight excluding hydrogens is 263 g/mol. The summed E-state index contributed by atoms with van der Waals surface area (Å²) in [6.45, 7) is 0. The van der Waals surface area contributed by atoms with Gasteiger partial charge in [-0.2, -0.15) is 18.3 Å². The van der Waals surface area contributed by atoms with Crippen LogP contribution in [0, 0.1) is 0 Å². The van der Waals surface area contributed by atoms with Crippen molar-refractivity contribution in [3.05, 3.63) is 41.7 Å². The second kappa shape index (κ2) is 4.30.